The van der Waals surface area contributed by atoms with Gasteiger partial charge in [0.1, 0.15) is 0 Å². The summed E-state index contributed by atoms with van der Waals surface area (Å²) in [5, 5.41) is 0. The molecule has 0 radical (unpaired) electrons. The van der Waals surface area contributed by atoms with Crippen LogP contribution in [0.5, 0.6) is 0 Å². The third-order valence-electron chi connectivity index (χ3n) is 4.15. The lowest BCUT2D eigenvalue weighted by Crippen LogP contribution is -2.20. The summed E-state index contributed by atoms with van der Waals surface area (Å²) in [6.45, 7) is 2.27. The van der Waals surface area contributed by atoms with E-state index in [0.717, 1.165) is 6.42 Å². The van der Waals surface area contributed by atoms with E-state index >= 15 is 0 Å². The molecule has 3 heteroatoms. The lowest BCUT2D eigenvalue weighted by atomic mass is 10.1. The average Bonchev–Trinajstić information content (AvgIpc) is 2.50. The van der Waals surface area contributed by atoms with Crippen LogP contribution in [0.15, 0.2) is 12.2 Å². The second kappa shape index (κ2) is 19.5. The molecular weight excluding hydrogens is 306 g/mol. The van der Waals surface area contributed by atoms with Gasteiger partial charge < -0.3 is 4.90 Å². The lowest BCUT2D eigenvalue weighted by Gasteiger charge is -2.09. The highest BCUT2D eigenvalue weighted by molar-refractivity contribution is 5.85. The van der Waals surface area contributed by atoms with E-state index in [1.54, 1.807) is 4.90 Å². The summed E-state index contributed by atoms with van der Waals surface area (Å²) >= 11 is 0. The molecule has 0 rings (SSSR count). The smallest absolute Gasteiger partial charge is 0.222 e. The molecule has 0 atom stereocenters. The minimum atomic E-state index is 0. The van der Waals surface area contributed by atoms with E-state index in [0.29, 0.717) is 6.42 Å². The number of amides is 1. The summed E-state index contributed by atoms with van der Waals surface area (Å²) in [7, 11) is 3.67. The predicted molar refractivity (Wildman–Crippen MR) is 105 cm³/mol. The van der Waals surface area contributed by atoms with Crippen molar-refractivity contribution in [1.29, 1.82) is 0 Å². The van der Waals surface area contributed by atoms with Crippen LogP contribution in [0.25, 0.3) is 0 Å². The van der Waals surface area contributed by atoms with Crippen molar-refractivity contribution in [3.63, 3.8) is 0 Å². The Kier molecular flexibility index (Phi) is 21.0. The number of nitrogens with zero attached hydrogens (tertiary/aromatic N) is 1. The fraction of sp³-hybridized carbons (Fsp3) is 0.850. The third kappa shape index (κ3) is 19.5. The molecule has 1 amide bonds. The number of carbonyl (C=O) groups is 1. The standard InChI is InChI=1S/C20H39NO.ClH/c1-4-5-6-7-8-9-10-11-12-13-14-15-16-17-18-19-20(22)21(2)3;/h11-12H,4-10,13-19H2,1-3H3;1H. The van der Waals surface area contributed by atoms with Gasteiger partial charge in [-0.2, -0.15) is 0 Å². The van der Waals surface area contributed by atoms with Crippen LogP contribution in [0.4, 0.5) is 0 Å². The van der Waals surface area contributed by atoms with Crippen LogP contribution in [0.3, 0.4) is 0 Å². The molecular formula is C20H40ClNO. The molecule has 0 saturated heterocycles. The van der Waals surface area contributed by atoms with Crippen molar-refractivity contribution in [2.75, 3.05) is 14.1 Å². The number of hydrogen-bond acceptors (Lipinski definition) is 1. The summed E-state index contributed by atoms with van der Waals surface area (Å²) in [6, 6.07) is 0. The first-order valence-corrected chi connectivity index (χ1v) is 9.53. The second-order valence-corrected chi connectivity index (χ2v) is 6.62. The van der Waals surface area contributed by atoms with Gasteiger partial charge in [0.2, 0.25) is 5.91 Å². The summed E-state index contributed by atoms with van der Waals surface area (Å²) in [5.74, 6) is 0.262. The molecule has 0 aliphatic heterocycles. The Morgan fingerprint density at radius 2 is 1.17 bits per heavy atom. The van der Waals surface area contributed by atoms with E-state index in [1.165, 1.54) is 77.0 Å². The zero-order valence-corrected chi connectivity index (χ0v) is 16.6. The molecule has 0 saturated carbocycles. The Bertz CT molecular complexity index is 277. The van der Waals surface area contributed by atoms with E-state index in [9.17, 15) is 4.79 Å². The van der Waals surface area contributed by atoms with Crippen LogP contribution in [-0.4, -0.2) is 24.9 Å². The Morgan fingerprint density at radius 1 is 0.739 bits per heavy atom. The molecule has 0 aliphatic rings. The first kappa shape index (κ1) is 24.7. The van der Waals surface area contributed by atoms with Gasteiger partial charge in [-0.3, -0.25) is 4.79 Å². The van der Waals surface area contributed by atoms with E-state index in [4.69, 9.17) is 0 Å². The molecule has 0 aromatic rings. The van der Waals surface area contributed by atoms with E-state index in [1.807, 2.05) is 14.1 Å². The molecule has 0 heterocycles. The minimum Gasteiger partial charge on any atom is -0.349 e. The van der Waals surface area contributed by atoms with E-state index < -0.39 is 0 Å². The molecule has 0 unspecified atom stereocenters. The normalized spacial score (nSPS) is 10.7. The molecule has 0 aliphatic carbocycles. The number of rotatable bonds is 15. The maximum atomic E-state index is 11.4. The maximum Gasteiger partial charge on any atom is 0.222 e. The van der Waals surface area contributed by atoms with Gasteiger partial charge in [-0.05, 0) is 32.1 Å². The van der Waals surface area contributed by atoms with Crippen LogP contribution in [0.1, 0.15) is 96.8 Å². The van der Waals surface area contributed by atoms with E-state index in [-0.39, 0.29) is 18.3 Å². The average molecular weight is 346 g/mol. The van der Waals surface area contributed by atoms with Gasteiger partial charge in [-0.1, -0.05) is 70.4 Å². The Hall–Kier alpha value is -0.500. The van der Waals surface area contributed by atoms with E-state index in [2.05, 4.69) is 19.1 Å². The van der Waals surface area contributed by atoms with Crippen LogP contribution in [-0.2, 0) is 4.79 Å². The number of unbranched alkanes of at least 4 members (excludes halogenated alkanes) is 11. The third-order valence-corrected chi connectivity index (χ3v) is 4.15. The van der Waals surface area contributed by atoms with Crippen LogP contribution in [0, 0.1) is 0 Å². The lowest BCUT2D eigenvalue weighted by molar-refractivity contribution is -0.128. The summed E-state index contributed by atoms with van der Waals surface area (Å²) in [4.78, 5) is 13.1. The van der Waals surface area contributed by atoms with Gasteiger partial charge in [-0.25, -0.2) is 0 Å². The fourth-order valence-corrected chi connectivity index (χ4v) is 2.57. The van der Waals surface area contributed by atoms with Gasteiger partial charge >= 0.3 is 0 Å². The van der Waals surface area contributed by atoms with Crippen molar-refractivity contribution < 1.29 is 4.79 Å². The Balaban J connectivity index is 0. The summed E-state index contributed by atoms with van der Waals surface area (Å²) in [5.41, 5.74) is 0. The van der Waals surface area contributed by atoms with Crippen LogP contribution >= 0.6 is 12.4 Å². The maximum absolute atomic E-state index is 11.4. The largest absolute Gasteiger partial charge is 0.349 e. The Morgan fingerprint density at radius 3 is 1.65 bits per heavy atom. The van der Waals surface area contributed by atoms with Gasteiger partial charge in [0.25, 0.3) is 0 Å². The quantitative estimate of drug-likeness (QED) is 0.244. The highest BCUT2D eigenvalue weighted by atomic mass is 35.5. The number of halogens is 1. The van der Waals surface area contributed by atoms with Gasteiger partial charge in [0, 0.05) is 20.5 Å². The van der Waals surface area contributed by atoms with Crippen molar-refractivity contribution in [3.05, 3.63) is 12.2 Å². The van der Waals surface area contributed by atoms with Crippen molar-refractivity contribution in [1.82, 2.24) is 4.90 Å². The fourth-order valence-electron chi connectivity index (χ4n) is 2.57. The topological polar surface area (TPSA) is 20.3 Å². The molecule has 138 valence electrons. The van der Waals surface area contributed by atoms with Crippen molar-refractivity contribution >= 4 is 18.3 Å². The highest BCUT2D eigenvalue weighted by Crippen LogP contribution is 2.10. The molecule has 0 bridgehead atoms. The number of carbonyl (C=O) groups excluding carboxylic acids is 1. The monoisotopic (exact) mass is 345 g/mol. The zero-order valence-electron chi connectivity index (χ0n) is 15.8. The zero-order chi connectivity index (χ0) is 16.5. The number of allylic oxidation sites excluding steroid dienone is 2. The van der Waals surface area contributed by atoms with Crippen molar-refractivity contribution in [2.24, 2.45) is 0 Å². The molecule has 0 aromatic carbocycles. The van der Waals surface area contributed by atoms with Gasteiger partial charge in [-0.15, -0.1) is 12.4 Å². The first-order chi connectivity index (χ1) is 10.7. The molecule has 0 fully saturated rings. The molecule has 0 N–H and O–H groups in total. The highest BCUT2D eigenvalue weighted by Gasteiger charge is 2.02. The molecule has 0 aromatic heterocycles. The second-order valence-electron chi connectivity index (χ2n) is 6.62. The van der Waals surface area contributed by atoms with Gasteiger partial charge in [0.15, 0.2) is 0 Å². The van der Waals surface area contributed by atoms with Crippen LogP contribution in [0.2, 0.25) is 0 Å². The van der Waals surface area contributed by atoms with Crippen LogP contribution < -0.4 is 0 Å². The molecule has 23 heavy (non-hydrogen) atoms. The van der Waals surface area contributed by atoms with Gasteiger partial charge in [0.05, 0.1) is 0 Å². The first-order valence-electron chi connectivity index (χ1n) is 9.53. The molecule has 0 spiro atoms. The minimum absolute atomic E-state index is 0. The SMILES string of the molecule is CCCCCCCCC=CCCCCCCCC(=O)N(C)C.Cl. The Labute approximate surface area is 151 Å². The number of hydrogen-bond donors (Lipinski definition) is 0. The molecule has 2 nitrogen and oxygen atoms in total. The summed E-state index contributed by atoms with van der Waals surface area (Å²) in [6.07, 6.45) is 22.4. The predicted octanol–water partition coefficient (Wildman–Crippen LogP) is 6.53. The van der Waals surface area contributed by atoms with Crippen molar-refractivity contribution in [3.8, 4) is 0 Å². The van der Waals surface area contributed by atoms with Crippen molar-refractivity contribution in [2.45, 2.75) is 96.8 Å². The summed E-state index contributed by atoms with van der Waals surface area (Å²) < 4.78 is 0.